The van der Waals surface area contributed by atoms with Crippen LogP contribution in [0.3, 0.4) is 0 Å². The Bertz CT molecular complexity index is 1150. The maximum atomic E-state index is 10.9. The molecule has 1 heterocycles. The van der Waals surface area contributed by atoms with Gasteiger partial charge < -0.3 is 9.67 Å². The van der Waals surface area contributed by atoms with Crippen LogP contribution in [0.2, 0.25) is 5.02 Å². The molecular weight excluding hydrogens is 416 g/mol. The zero-order valence-corrected chi connectivity index (χ0v) is 19.0. The lowest BCUT2D eigenvalue weighted by atomic mass is 9.93. The van der Waals surface area contributed by atoms with E-state index in [2.05, 4.69) is 82.3 Å². The topological polar surface area (TPSA) is 28.4 Å². The molecule has 164 valence electrons. The highest BCUT2D eigenvalue weighted by molar-refractivity contribution is 6.31. The fourth-order valence-electron chi connectivity index (χ4n) is 5.05. The molecule has 1 N–H and O–H groups in total. The van der Waals surface area contributed by atoms with Gasteiger partial charge in [0.2, 0.25) is 0 Å². The highest BCUT2D eigenvalue weighted by Crippen LogP contribution is 2.38. The average molecular weight is 445 g/mol. The lowest BCUT2D eigenvalue weighted by Crippen LogP contribution is -2.28. The lowest BCUT2D eigenvalue weighted by Gasteiger charge is -2.26. The molecule has 0 radical (unpaired) electrons. The number of hydrogen-bond donors (Lipinski definition) is 1. The van der Waals surface area contributed by atoms with E-state index in [-0.39, 0.29) is 0 Å². The van der Waals surface area contributed by atoms with Crippen molar-refractivity contribution in [1.82, 2.24) is 9.47 Å². The first-order chi connectivity index (χ1) is 15.7. The molecular formula is C28H29ClN2O. The smallest absolute Gasteiger partial charge is 0.0943 e. The van der Waals surface area contributed by atoms with Crippen LogP contribution in [0.25, 0.3) is 10.9 Å². The van der Waals surface area contributed by atoms with Crippen LogP contribution < -0.4 is 0 Å². The average Bonchev–Trinajstić information content (AvgIpc) is 3.13. The summed E-state index contributed by atoms with van der Waals surface area (Å²) in [6, 6.07) is 27.4. The van der Waals surface area contributed by atoms with Gasteiger partial charge in [0, 0.05) is 42.1 Å². The van der Waals surface area contributed by atoms with E-state index in [1.807, 2.05) is 6.07 Å². The van der Waals surface area contributed by atoms with Crippen LogP contribution >= 0.6 is 11.6 Å². The minimum atomic E-state index is -0.401. The van der Waals surface area contributed by atoms with Gasteiger partial charge in [-0.1, -0.05) is 72.3 Å². The summed E-state index contributed by atoms with van der Waals surface area (Å²) >= 11 is 6.33. The van der Waals surface area contributed by atoms with Crippen molar-refractivity contribution in [2.75, 3.05) is 6.54 Å². The van der Waals surface area contributed by atoms with Crippen molar-refractivity contribution in [3.63, 3.8) is 0 Å². The quantitative estimate of drug-likeness (QED) is 0.359. The van der Waals surface area contributed by atoms with Gasteiger partial charge >= 0.3 is 0 Å². The molecule has 1 aliphatic rings. The summed E-state index contributed by atoms with van der Waals surface area (Å²) in [7, 11) is 0. The summed E-state index contributed by atoms with van der Waals surface area (Å²) < 4.78 is 2.34. The molecule has 0 saturated heterocycles. The second kappa shape index (κ2) is 9.50. The Hall–Kier alpha value is -2.59. The first kappa shape index (κ1) is 21.3. The summed E-state index contributed by atoms with van der Waals surface area (Å²) in [4.78, 5) is 2.49. The van der Waals surface area contributed by atoms with Crippen molar-refractivity contribution in [1.29, 1.82) is 0 Å². The van der Waals surface area contributed by atoms with Crippen LogP contribution in [0.4, 0.5) is 0 Å². The standard InChI is InChI=1S/C28H29ClN2O/c29-23-14-15-26-25(18-23)24-12-7-13-27(32)28(24)31(26)17-16-30(19-21-8-3-1-4-9-21)20-22-10-5-2-6-11-22/h1-6,8-11,14-15,18,27,32H,7,12-13,16-17,19-20H2/t27-/m0/s1. The number of fused-ring (bicyclic) bond motifs is 3. The number of aliphatic hydroxyl groups is 1. The fourth-order valence-corrected chi connectivity index (χ4v) is 5.22. The Balaban J connectivity index is 1.45. The van der Waals surface area contributed by atoms with Crippen LogP contribution in [0, 0.1) is 0 Å². The van der Waals surface area contributed by atoms with Gasteiger partial charge in [0.1, 0.15) is 0 Å². The maximum Gasteiger partial charge on any atom is 0.0943 e. The van der Waals surface area contributed by atoms with Crippen LogP contribution in [-0.2, 0) is 26.1 Å². The van der Waals surface area contributed by atoms with Gasteiger partial charge in [-0.05, 0) is 54.2 Å². The molecule has 0 aliphatic heterocycles. The summed E-state index contributed by atoms with van der Waals surface area (Å²) in [5, 5.41) is 12.8. The Kier molecular flexibility index (Phi) is 6.31. The molecule has 0 unspecified atom stereocenters. The molecule has 1 aliphatic carbocycles. The molecule has 4 heteroatoms. The second-order valence-corrected chi connectivity index (χ2v) is 9.20. The molecule has 1 atom stereocenters. The van der Waals surface area contributed by atoms with Gasteiger partial charge in [-0.15, -0.1) is 0 Å². The molecule has 0 spiro atoms. The predicted octanol–water partition coefficient (Wildman–Crippen LogP) is 6.37. The third-order valence-electron chi connectivity index (χ3n) is 6.53. The van der Waals surface area contributed by atoms with Crippen LogP contribution in [0.1, 0.15) is 41.3 Å². The number of hydrogen-bond acceptors (Lipinski definition) is 2. The number of aromatic nitrogens is 1. The maximum absolute atomic E-state index is 10.9. The molecule has 4 aromatic rings. The Labute approximate surface area is 194 Å². The fraction of sp³-hybridized carbons (Fsp3) is 0.286. The molecule has 1 aromatic heterocycles. The lowest BCUT2D eigenvalue weighted by molar-refractivity contribution is 0.145. The second-order valence-electron chi connectivity index (χ2n) is 8.77. The highest BCUT2D eigenvalue weighted by Gasteiger charge is 2.26. The highest BCUT2D eigenvalue weighted by atomic mass is 35.5. The summed E-state index contributed by atoms with van der Waals surface area (Å²) in [5.74, 6) is 0. The van der Waals surface area contributed by atoms with E-state index in [0.29, 0.717) is 0 Å². The van der Waals surface area contributed by atoms with E-state index in [1.54, 1.807) is 0 Å². The summed E-state index contributed by atoms with van der Waals surface area (Å²) in [5.41, 5.74) is 6.18. The zero-order valence-electron chi connectivity index (χ0n) is 18.3. The Morgan fingerprint density at radius 1 is 0.906 bits per heavy atom. The summed E-state index contributed by atoms with van der Waals surface area (Å²) in [6.07, 6.45) is 2.46. The number of aliphatic hydroxyl groups excluding tert-OH is 1. The van der Waals surface area contributed by atoms with Crippen molar-refractivity contribution in [2.24, 2.45) is 0 Å². The molecule has 0 bridgehead atoms. The van der Waals surface area contributed by atoms with Crippen molar-refractivity contribution < 1.29 is 5.11 Å². The number of rotatable bonds is 7. The van der Waals surface area contributed by atoms with E-state index < -0.39 is 6.10 Å². The van der Waals surface area contributed by atoms with Gasteiger partial charge in [0.25, 0.3) is 0 Å². The van der Waals surface area contributed by atoms with E-state index in [1.165, 1.54) is 27.6 Å². The molecule has 0 amide bonds. The van der Waals surface area contributed by atoms with Crippen molar-refractivity contribution in [3.05, 3.63) is 106 Å². The summed E-state index contributed by atoms with van der Waals surface area (Å²) in [6.45, 7) is 3.52. The predicted molar refractivity (Wildman–Crippen MR) is 132 cm³/mol. The zero-order chi connectivity index (χ0) is 21.9. The molecule has 32 heavy (non-hydrogen) atoms. The number of aryl methyl sites for hydroxylation is 1. The van der Waals surface area contributed by atoms with Crippen LogP contribution in [0.5, 0.6) is 0 Å². The Morgan fingerprint density at radius 2 is 1.56 bits per heavy atom. The minimum absolute atomic E-state index is 0.401. The van der Waals surface area contributed by atoms with Crippen LogP contribution in [0.15, 0.2) is 78.9 Å². The first-order valence-corrected chi connectivity index (χ1v) is 11.9. The SMILES string of the molecule is O[C@H]1CCCc2c1n(CCN(Cc1ccccc1)Cc1ccccc1)c1ccc(Cl)cc21. The van der Waals surface area contributed by atoms with Gasteiger partial charge in [-0.25, -0.2) is 0 Å². The largest absolute Gasteiger partial charge is 0.387 e. The molecule has 3 nitrogen and oxygen atoms in total. The third kappa shape index (κ3) is 4.47. The van der Waals surface area contributed by atoms with E-state index in [9.17, 15) is 5.11 Å². The molecule has 0 fully saturated rings. The number of benzene rings is 3. The Morgan fingerprint density at radius 3 is 2.22 bits per heavy atom. The number of nitrogens with zero attached hydrogens (tertiary/aromatic N) is 2. The van der Waals surface area contributed by atoms with Crippen molar-refractivity contribution in [2.45, 2.75) is 45.0 Å². The molecule has 3 aromatic carbocycles. The van der Waals surface area contributed by atoms with Crippen molar-refractivity contribution >= 4 is 22.5 Å². The first-order valence-electron chi connectivity index (χ1n) is 11.5. The molecule has 0 saturated carbocycles. The third-order valence-corrected chi connectivity index (χ3v) is 6.77. The molecule has 5 rings (SSSR count). The van der Waals surface area contributed by atoms with Crippen molar-refractivity contribution in [3.8, 4) is 0 Å². The minimum Gasteiger partial charge on any atom is -0.387 e. The monoisotopic (exact) mass is 444 g/mol. The van der Waals surface area contributed by atoms with Crippen LogP contribution in [-0.4, -0.2) is 21.1 Å². The van der Waals surface area contributed by atoms with E-state index in [4.69, 9.17) is 11.6 Å². The normalized spacial score (nSPS) is 15.9. The van der Waals surface area contributed by atoms with Gasteiger partial charge in [0.05, 0.1) is 11.8 Å². The van der Waals surface area contributed by atoms with E-state index >= 15 is 0 Å². The van der Waals surface area contributed by atoms with Gasteiger partial charge in [-0.2, -0.15) is 0 Å². The van der Waals surface area contributed by atoms with Gasteiger partial charge in [0.15, 0.2) is 0 Å². The van der Waals surface area contributed by atoms with E-state index in [0.717, 1.165) is 56.2 Å². The number of halogens is 1. The van der Waals surface area contributed by atoms with Gasteiger partial charge in [-0.3, -0.25) is 4.90 Å².